The molecule has 0 aliphatic carbocycles. The molecule has 0 radical (unpaired) electrons. The van der Waals surface area contributed by atoms with Crippen LogP contribution in [0.3, 0.4) is 0 Å². The molecule has 0 atom stereocenters. The van der Waals surface area contributed by atoms with Gasteiger partial charge in [0.25, 0.3) is 11.6 Å². The van der Waals surface area contributed by atoms with Gasteiger partial charge in [-0.2, -0.15) is 0 Å². The molecule has 0 saturated carbocycles. The van der Waals surface area contributed by atoms with Crippen molar-refractivity contribution in [3.05, 3.63) is 69.6 Å². The molecule has 28 heavy (non-hydrogen) atoms. The van der Waals surface area contributed by atoms with Gasteiger partial charge in [-0.25, -0.2) is 4.98 Å². The van der Waals surface area contributed by atoms with Crippen LogP contribution < -0.4 is 10.1 Å². The molecule has 1 aromatic heterocycles. The second kappa shape index (κ2) is 9.09. The van der Waals surface area contributed by atoms with Gasteiger partial charge in [0.2, 0.25) is 0 Å². The number of rotatable bonds is 8. The maximum Gasteiger partial charge on any atom is 0.270 e. The lowest BCUT2D eigenvalue weighted by molar-refractivity contribution is -0.384. The number of anilines is 1. The zero-order valence-electron chi connectivity index (χ0n) is 15.3. The van der Waals surface area contributed by atoms with Crippen molar-refractivity contribution in [2.24, 2.45) is 0 Å². The minimum Gasteiger partial charge on any atom is -0.484 e. The van der Waals surface area contributed by atoms with Crippen LogP contribution in [0.4, 0.5) is 10.8 Å². The fraction of sp³-hybridized carbons (Fsp3) is 0.200. The Morgan fingerprint density at radius 3 is 2.75 bits per heavy atom. The number of nitrogens with zero attached hydrogens (tertiary/aromatic N) is 2. The summed E-state index contributed by atoms with van der Waals surface area (Å²) < 4.78 is 5.50. The zero-order chi connectivity index (χ0) is 19.9. The first-order chi connectivity index (χ1) is 13.5. The molecular formula is C20H19N3O4S. The average Bonchev–Trinajstić information content (AvgIpc) is 3.16. The minimum atomic E-state index is -0.454. The van der Waals surface area contributed by atoms with Crippen LogP contribution in [0.15, 0.2) is 53.9 Å². The van der Waals surface area contributed by atoms with E-state index in [2.05, 4.69) is 17.2 Å². The summed E-state index contributed by atoms with van der Waals surface area (Å²) in [6.45, 7) is 2.00. The quantitative estimate of drug-likeness (QED) is 0.440. The van der Waals surface area contributed by atoms with Crippen LogP contribution in [0, 0.1) is 10.1 Å². The Labute approximate surface area is 166 Å². The lowest BCUT2D eigenvalue weighted by Crippen LogP contribution is -2.20. The number of benzene rings is 2. The SMILES string of the molecule is CCCc1ccc(OCC(=O)Nc2nc(-c3cccc([N+](=O)[O-])c3)cs2)cc1. The standard InChI is InChI=1S/C20H19N3O4S/c1-2-4-14-7-9-17(10-8-14)27-12-19(24)22-20-21-18(13-28-20)15-5-3-6-16(11-15)23(25)26/h3,5-11,13H,2,4,12H2,1H3,(H,21,22,24). The van der Waals surface area contributed by atoms with Gasteiger partial charge in [-0.3, -0.25) is 20.2 Å². The van der Waals surface area contributed by atoms with E-state index in [-0.39, 0.29) is 18.2 Å². The molecule has 1 N–H and O–H groups in total. The molecule has 0 fully saturated rings. The minimum absolute atomic E-state index is 0.00515. The van der Waals surface area contributed by atoms with Crippen LogP contribution in [0.25, 0.3) is 11.3 Å². The van der Waals surface area contributed by atoms with Gasteiger partial charge < -0.3 is 4.74 Å². The molecule has 0 aliphatic rings. The van der Waals surface area contributed by atoms with Gasteiger partial charge in [0, 0.05) is 23.1 Å². The highest BCUT2D eigenvalue weighted by Crippen LogP contribution is 2.27. The smallest absolute Gasteiger partial charge is 0.270 e. The van der Waals surface area contributed by atoms with Gasteiger partial charge in [0.1, 0.15) is 5.75 Å². The number of aryl methyl sites for hydroxylation is 1. The summed E-state index contributed by atoms with van der Waals surface area (Å²) in [6, 6.07) is 13.9. The van der Waals surface area contributed by atoms with E-state index >= 15 is 0 Å². The Balaban J connectivity index is 1.56. The molecule has 3 aromatic rings. The first kappa shape index (κ1) is 19.5. The molecule has 0 aliphatic heterocycles. The number of nitro benzene ring substituents is 1. The number of hydrogen-bond acceptors (Lipinski definition) is 6. The van der Waals surface area contributed by atoms with E-state index in [9.17, 15) is 14.9 Å². The van der Waals surface area contributed by atoms with E-state index in [0.717, 1.165) is 12.8 Å². The molecular weight excluding hydrogens is 378 g/mol. The molecule has 0 spiro atoms. The molecule has 2 aromatic carbocycles. The highest BCUT2D eigenvalue weighted by atomic mass is 32.1. The third-order valence-corrected chi connectivity index (χ3v) is 4.69. The lowest BCUT2D eigenvalue weighted by Gasteiger charge is -2.06. The molecule has 1 amide bonds. The summed E-state index contributed by atoms with van der Waals surface area (Å²) in [4.78, 5) is 26.8. The van der Waals surface area contributed by atoms with Crippen LogP contribution in [0.2, 0.25) is 0 Å². The highest BCUT2D eigenvalue weighted by Gasteiger charge is 2.12. The summed E-state index contributed by atoms with van der Waals surface area (Å²) in [6.07, 6.45) is 2.09. The number of non-ortho nitro benzene ring substituents is 1. The number of nitro groups is 1. The van der Waals surface area contributed by atoms with Gasteiger partial charge in [-0.15, -0.1) is 11.3 Å². The van der Waals surface area contributed by atoms with Gasteiger partial charge in [0.15, 0.2) is 11.7 Å². The Morgan fingerprint density at radius 1 is 1.25 bits per heavy atom. The highest BCUT2D eigenvalue weighted by molar-refractivity contribution is 7.14. The number of aromatic nitrogens is 1. The molecule has 0 unspecified atom stereocenters. The van der Waals surface area contributed by atoms with Crippen molar-refractivity contribution in [3.63, 3.8) is 0 Å². The molecule has 3 rings (SSSR count). The second-order valence-electron chi connectivity index (χ2n) is 6.08. The van der Waals surface area contributed by atoms with Crippen molar-refractivity contribution in [2.75, 3.05) is 11.9 Å². The fourth-order valence-corrected chi connectivity index (χ4v) is 3.32. The first-order valence-corrected chi connectivity index (χ1v) is 9.65. The van der Waals surface area contributed by atoms with Gasteiger partial charge in [0.05, 0.1) is 10.6 Å². The van der Waals surface area contributed by atoms with Gasteiger partial charge >= 0.3 is 0 Å². The van der Waals surface area contributed by atoms with Gasteiger partial charge in [-0.1, -0.05) is 37.6 Å². The number of carbonyl (C=O) groups is 1. The predicted molar refractivity (Wildman–Crippen MR) is 109 cm³/mol. The Bertz CT molecular complexity index is 970. The van der Waals surface area contributed by atoms with E-state index in [4.69, 9.17) is 4.74 Å². The zero-order valence-corrected chi connectivity index (χ0v) is 16.1. The van der Waals surface area contributed by atoms with Crippen LogP contribution in [-0.4, -0.2) is 22.4 Å². The Morgan fingerprint density at radius 2 is 2.04 bits per heavy atom. The summed E-state index contributed by atoms with van der Waals surface area (Å²) in [5.41, 5.74) is 2.41. The molecule has 7 nitrogen and oxygen atoms in total. The van der Waals surface area contributed by atoms with Crippen molar-refractivity contribution < 1.29 is 14.5 Å². The maximum absolute atomic E-state index is 12.1. The molecule has 0 bridgehead atoms. The summed E-state index contributed by atoms with van der Waals surface area (Å²) in [7, 11) is 0. The van der Waals surface area contributed by atoms with E-state index in [1.54, 1.807) is 17.5 Å². The van der Waals surface area contributed by atoms with Crippen LogP contribution in [0.1, 0.15) is 18.9 Å². The first-order valence-electron chi connectivity index (χ1n) is 8.77. The third-order valence-electron chi connectivity index (χ3n) is 3.94. The fourth-order valence-electron chi connectivity index (χ4n) is 2.59. The third kappa shape index (κ3) is 5.14. The molecule has 1 heterocycles. The van der Waals surface area contributed by atoms with Crippen molar-refractivity contribution >= 4 is 28.1 Å². The van der Waals surface area contributed by atoms with Crippen molar-refractivity contribution in [1.82, 2.24) is 4.98 Å². The predicted octanol–water partition coefficient (Wildman–Crippen LogP) is 4.69. The number of thiazole rings is 1. The summed E-state index contributed by atoms with van der Waals surface area (Å²) >= 11 is 1.25. The largest absolute Gasteiger partial charge is 0.484 e. The van der Waals surface area contributed by atoms with E-state index < -0.39 is 4.92 Å². The monoisotopic (exact) mass is 397 g/mol. The maximum atomic E-state index is 12.1. The average molecular weight is 397 g/mol. The van der Waals surface area contributed by atoms with Crippen molar-refractivity contribution in [1.29, 1.82) is 0 Å². The van der Waals surface area contributed by atoms with Crippen LogP contribution >= 0.6 is 11.3 Å². The van der Waals surface area contributed by atoms with Crippen LogP contribution in [-0.2, 0) is 11.2 Å². The van der Waals surface area contributed by atoms with E-state index in [1.165, 1.54) is 29.0 Å². The van der Waals surface area contributed by atoms with E-state index in [0.29, 0.717) is 22.1 Å². The van der Waals surface area contributed by atoms with E-state index in [1.807, 2.05) is 24.3 Å². The second-order valence-corrected chi connectivity index (χ2v) is 6.93. The Hall–Kier alpha value is -3.26. The Kier molecular flexibility index (Phi) is 6.33. The molecule has 0 saturated heterocycles. The number of ether oxygens (including phenoxy) is 1. The number of carbonyl (C=O) groups excluding carboxylic acids is 1. The lowest BCUT2D eigenvalue weighted by atomic mass is 10.1. The number of hydrogen-bond donors (Lipinski definition) is 1. The van der Waals surface area contributed by atoms with Crippen molar-refractivity contribution in [3.8, 4) is 17.0 Å². The van der Waals surface area contributed by atoms with Crippen LogP contribution in [0.5, 0.6) is 5.75 Å². The summed E-state index contributed by atoms with van der Waals surface area (Å²) in [5.74, 6) is 0.309. The summed E-state index contributed by atoms with van der Waals surface area (Å²) in [5, 5.41) is 15.7. The number of nitrogens with one attached hydrogen (secondary N) is 1. The molecule has 8 heteroatoms. The molecule has 144 valence electrons. The van der Waals surface area contributed by atoms with Crippen molar-refractivity contribution in [2.45, 2.75) is 19.8 Å². The van der Waals surface area contributed by atoms with Gasteiger partial charge in [-0.05, 0) is 24.1 Å². The topological polar surface area (TPSA) is 94.4 Å². The normalized spacial score (nSPS) is 10.5. The number of amides is 1.